The molecule has 20 heavy (non-hydrogen) atoms. The van der Waals surface area contributed by atoms with Crippen LogP contribution < -0.4 is 5.43 Å². The predicted molar refractivity (Wildman–Crippen MR) is 85.0 cm³/mol. The van der Waals surface area contributed by atoms with Crippen molar-refractivity contribution in [2.75, 3.05) is 5.43 Å². The largest absolute Gasteiger partial charge is 0.317 e. The van der Waals surface area contributed by atoms with Gasteiger partial charge in [0.05, 0.1) is 6.54 Å². The van der Waals surface area contributed by atoms with Crippen LogP contribution in [0.25, 0.3) is 11.4 Å². The first-order chi connectivity index (χ1) is 9.75. The van der Waals surface area contributed by atoms with Crippen molar-refractivity contribution >= 4 is 23.6 Å². The van der Waals surface area contributed by atoms with Gasteiger partial charge in [-0.05, 0) is 36.2 Å². The molecule has 2 aromatic heterocycles. The summed E-state index contributed by atoms with van der Waals surface area (Å²) >= 11 is 7.02. The first kappa shape index (κ1) is 13.1. The molecule has 3 rings (SSSR count). The Hall–Kier alpha value is -1.92. The van der Waals surface area contributed by atoms with Gasteiger partial charge in [-0.25, -0.2) is 9.77 Å². The molecule has 0 amide bonds. The number of H-pyrrole nitrogens is 1. The van der Waals surface area contributed by atoms with Crippen molar-refractivity contribution in [3.63, 3.8) is 0 Å². The topological polar surface area (TPSA) is 45.6 Å². The second-order valence-electron chi connectivity index (χ2n) is 4.42. The minimum Gasteiger partial charge on any atom is -0.317 e. The van der Waals surface area contributed by atoms with Crippen molar-refractivity contribution in [2.24, 2.45) is 0 Å². The minimum atomic E-state index is 0.568. The minimum absolute atomic E-state index is 0.568. The van der Waals surface area contributed by atoms with Gasteiger partial charge in [-0.3, -0.25) is 0 Å². The number of aromatic nitrogens is 3. The monoisotopic (exact) mass is 302 g/mol. The summed E-state index contributed by atoms with van der Waals surface area (Å²) in [7, 11) is 0. The zero-order valence-corrected chi connectivity index (χ0v) is 12.6. The van der Waals surface area contributed by atoms with E-state index in [1.54, 1.807) is 11.3 Å². The molecule has 0 aliphatic carbocycles. The number of nitrogens with zero attached hydrogens (tertiary/aromatic N) is 2. The fourth-order valence-electron chi connectivity index (χ4n) is 1.96. The molecule has 3 aromatic rings. The van der Waals surface area contributed by atoms with E-state index in [-0.39, 0.29) is 0 Å². The molecule has 2 N–H and O–H groups in total. The summed E-state index contributed by atoms with van der Waals surface area (Å²) in [6.07, 6.45) is 0. The number of hydrogen-bond donors (Lipinski definition) is 2. The summed E-state index contributed by atoms with van der Waals surface area (Å²) in [6.45, 7) is 2.84. The number of benzene rings is 1. The highest BCUT2D eigenvalue weighted by atomic mass is 32.1. The van der Waals surface area contributed by atoms with Crippen LogP contribution in [0.15, 0.2) is 41.8 Å². The lowest BCUT2D eigenvalue weighted by Crippen LogP contribution is -2.15. The average molecular weight is 302 g/mol. The van der Waals surface area contributed by atoms with Gasteiger partial charge in [0.15, 0.2) is 5.82 Å². The van der Waals surface area contributed by atoms with Crippen molar-refractivity contribution in [2.45, 2.75) is 13.5 Å². The molecule has 2 heterocycles. The second kappa shape index (κ2) is 5.60. The maximum Gasteiger partial charge on any atom is 0.214 e. The Bertz CT molecular complexity index is 755. The van der Waals surface area contributed by atoms with Crippen LogP contribution in [-0.4, -0.2) is 14.9 Å². The van der Waals surface area contributed by atoms with E-state index in [0.29, 0.717) is 4.77 Å². The van der Waals surface area contributed by atoms with Crippen LogP contribution in [0.3, 0.4) is 0 Å². The maximum absolute atomic E-state index is 5.29. The van der Waals surface area contributed by atoms with Crippen molar-refractivity contribution in [1.29, 1.82) is 0 Å². The van der Waals surface area contributed by atoms with E-state index in [0.717, 1.165) is 17.9 Å². The van der Waals surface area contributed by atoms with Gasteiger partial charge in [0.25, 0.3) is 0 Å². The molecular formula is C14H14N4S2. The highest BCUT2D eigenvalue weighted by Gasteiger charge is 2.08. The summed E-state index contributed by atoms with van der Waals surface area (Å²) in [5.74, 6) is 0.796. The van der Waals surface area contributed by atoms with Gasteiger partial charge in [0.2, 0.25) is 4.77 Å². The number of aryl methyl sites for hydroxylation is 1. The standard InChI is InChI=1S/C14H14N4S2/c1-10-7-8-20-12(10)9-15-18-13(16-17-14(18)19)11-5-3-2-4-6-11/h2-8,15H,9H2,1H3,(H,17,19). The Morgan fingerprint density at radius 2 is 2.10 bits per heavy atom. The first-order valence-electron chi connectivity index (χ1n) is 6.25. The summed E-state index contributed by atoms with van der Waals surface area (Å²) in [6, 6.07) is 12.1. The fraction of sp³-hybridized carbons (Fsp3) is 0.143. The Labute approximate surface area is 126 Å². The van der Waals surface area contributed by atoms with Gasteiger partial charge in [-0.1, -0.05) is 30.3 Å². The van der Waals surface area contributed by atoms with Gasteiger partial charge in [0.1, 0.15) is 0 Å². The molecular weight excluding hydrogens is 288 g/mol. The van der Waals surface area contributed by atoms with Crippen LogP contribution in [-0.2, 0) is 6.54 Å². The smallest absolute Gasteiger partial charge is 0.214 e. The van der Waals surface area contributed by atoms with Crippen molar-refractivity contribution in [3.8, 4) is 11.4 Å². The third-order valence-corrected chi connectivity index (χ3v) is 4.37. The third kappa shape index (κ3) is 2.52. The molecule has 4 nitrogen and oxygen atoms in total. The van der Waals surface area contributed by atoms with E-state index >= 15 is 0 Å². The predicted octanol–water partition coefficient (Wildman–Crippen LogP) is 3.72. The molecule has 1 aromatic carbocycles. The Balaban J connectivity index is 1.89. The van der Waals surface area contributed by atoms with E-state index in [2.05, 4.69) is 34.0 Å². The van der Waals surface area contributed by atoms with Crippen LogP contribution in [0.2, 0.25) is 0 Å². The normalized spacial score (nSPS) is 10.7. The molecule has 0 saturated heterocycles. The molecule has 0 fully saturated rings. The molecule has 0 bridgehead atoms. The summed E-state index contributed by atoms with van der Waals surface area (Å²) in [4.78, 5) is 1.30. The lowest BCUT2D eigenvalue weighted by atomic mass is 10.2. The third-order valence-electron chi connectivity index (χ3n) is 3.07. The molecule has 0 saturated carbocycles. The molecule has 6 heteroatoms. The van der Waals surface area contributed by atoms with E-state index in [1.165, 1.54) is 10.4 Å². The summed E-state index contributed by atoms with van der Waals surface area (Å²) in [5.41, 5.74) is 5.65. The van der Waals surface area contributed by atoms with Gasteiger partial charge in [-0.15, -0.1) is 11.3 Å². The second-order valence-corrected chi connectivity index (χ2v) is 5.80. The van der Waals surface area contributed by atoms with Crippen LogP contribution in [0.5, 0.6) is 0 Å². The Kier molecular flexibility index (Phi) is 3.66. The number of aromatic amines is 1. The molecule has 102 valence electrons. The van der Waals surface area contributed by atoms with E-state index in [4.69, 9.17) is 12.2 Å². The quantitative estimate of drug-likeness (QED) is 0.722. The van der Waals surface area contributed by atoms with Crippen molar-refractivity contribution in [3.05, 3.63) is 57.0 Å². The van der Waals surface area contributed by atoms with E-state index in [1.807, 2.05) is 35.0 Å². The van der Waals surface area contributed by atoms with Crippen molar-refractivity contribution in [1.82, 2.24) is 14.9 Å². The lowest BCUT2D eigenvalue weighted by molar-refractivity contribution is 0.836. The van der Waals surface area contributed by atoms with Gasteiger partial charge < -0.3 is 5.43 Å². The van der Waals surface area contributed by atoms with E-state index < -0.39 is 0 Å². The number of rotatable bonds is 4. The molecule has 0 atom stereocenters. The molecule has 0 spiro atoms. The average Bonchev–Trinajstić information content (AvgIpc) is 3.04. The first-order valence-corrected chi connectivity index (χ1v) is 7.54. The van der Waals surface area contributed by atoms with Crippen LogP contribution in [0.4, 0.5) is 0 Å². The SMILES string of the molecule is Cc1ccsc1CNn1c(-c2ccccc2)n[nH]c1=S. The molecule has 0 aliphatic rings. The Morgan fingerprint density at radius 1 is 1.30 bits per heavy atom. The summed E-state index contributed by atoms with van der Waals surface area (Å²) < 4.78 is 2.39. The van der Waals surface area contributed by atoms with Crippen LogP contribution in [0, 0.1) is 11.7 Å². The molecule has 0 radical (unpaired) electrons. The zero-order valence-electron chi connectivity index (χ0n) is 11.0. The van der Waals surface area contributed by atoms with Gasteiger partial charge >= 0.3 is 0 Å². The van der Waals surface area contributed by atoms with Gasteiger partial charge in [0, 0.05) is 10.4 Å². The van der Waals surface area contributed by atoms with Gasteiger partial charge in [-0.2, -0.15) is 5.10 Å². The molecule has 0 aliphatic heterocycles. The number of hydrogen-bond acceptors (Lipinski definition) is 4. The number of thiophene rings is 1. The Morgan fingerprint density at radius 3 is 2.80 bits per heavy atom. The van der Waals surface area contributed by atoms with Crippen molar-refractivity contribution < 1.29 is 0 Å². The van der Waals surface area contributed by atoms with Crippen LogP contribution >= 0.6 is 23.6 Å². The maximum atomic E-state index is 5.29. The lowest BCUT2D eigenvalue weighted by Gasteiger charge is -2.09. The van der Waals surface area contributed by atoms with E-state index in [9.17, 15) is 0 Å². The number of nitrogens with one attached hydrogen (secondary N) is 2. The highest BCUT2D eigenvalue weighted by molar-refractivity contribution is 7.71. The summed E-state index contributed by atoms with van der Waals surface area (Å²) in [5, 5.41) is 9.23. The highest BCUT2D eigenvalue weighted by Crippen LogP contribution is 2.18. The van der Waals surface area contributed by atoms with Crippen LogP contribution in [0.1, 0.15) is 10.4 Å². The fourth-order valence-corrected chi connectivity index (χ4v) is 3.00. The molecule has 0 unspecified atom stereocenters. The zero-order chi connectivity index (χ0) is 13.9.